The summed E-state index contributed by atoms with van der Waals surface area (Å²) in [6, 6.07) is 2.01. The minimum Gasteiger partial charge on any atom is -0.381 e. The third-order valence-corrected chi connectivity index (χ3v) is 7.44. The van der Waals surface area contributed by atoms with Crippen LogP contribution in [0.5, 0.6) is 0 Å². The van der Waals surface area contributed by atoms with Crippen LogP contribution in [0.15, 0.2) is 28.4 Å². The molecule has 0 aliphatic carbocycles. The van der Waals surface area contributed by atoms with Gasteiger partial charge in [0.1, 0.15) is 0 Å². The third kappa shape index (κ3) is 5.20. The SMILES string of the molecule is C=C(NCc1c(C)cc(C)[nH]c1=O)c1csc(C(CC)=C2CCN(N(C)C)CC2)c1C. The molecule has 0 radical (unpaired) electrons. The van der Waals surface area contributed by atoms with Crippen molar-refractivity contribution in [1.82, 2.24) is 20.3 Å². The van der Waals surface area contributed by atoms with Gasteiger partial charge in [0.2, 0.25) is 0 Å². The van der Waals surface area contributed by atoms with Gasteiger partial charge in [0.15, 0.2) is 0 Å². The molecule has 0 unspecified atom stereocenters. The number of nitrogens with one attached hydrogen (secondary N) is 2. The van der Waals surface area contributed by atoms with E-state index < -0.39 is 0 Å². The first kappa shape index (κ1) is 23.5. The van der Waals surface area contributed by atoms with Crippen LogP contribution in [0.3, 0.4) is 0 Å². The van der Waals surface area contributed by atoms with Gasteiger partial charge in [-0.1, -0.05) is 19.1 Å². The number of hydrazine groups is 1. The number of aromatic nitrogens is 1. The Hall–Kier alpha value is -2.15. The van der Waals surface area contributed by atoms with E-state index in [1.807, 2.05) is 31.3 Å². The summed E-state index contributed by atoms with van der Waals surface area (Å²) in [6.45, 7) is 15.3. The van der Waals surface area contributed by atoms with Crippen molar-refractivity contribution in [2.75, 3.05) is 27.2 Å². The summed E-state index contributed by atoms with van der Waals surface area (Å²) < 4.78 is 0. The summed E-state index contributed by atoms with van der Waals surface area (Å²) >= 11 is 1.82. The number of allylic oxidation sites excluding steroid dienone is 1. The van der Waals surface area contributed by atoms with Gasteiger partial charge in [0, 0.05) is 66.5 Å². The van der Waals surface area contributed by atoms with Crippen molar-refractivity contribution in [3.8, 4) is 0 Å². The number of aryl methyl sites for hydroxylation is 2. The first-order valence-corrected chi connectivity index (χ1v) is 11.9. The molecule has 168 valence electrons. The van der Waals surface area contributed by atoms with Crippen molar-refractivity contribution >= 4 is 22.6 Å². The molecule has 0 atom stereocenters. The van der Waals surface area contributed by atoms with Gasteiger partial charge in [0.05, 0.1) is 0 Å². The van der Waals surface area contributed by atoms with Crippen LogP contribution in [0, 0.1) is 20.8 Å². The Morgan fingerprint density at radius 1 is 1.26 bits per heavy atom. The average molecular weight is 441 g/mol. The lowest BCUT2D eigenvalue weighted by Crippen LogP contribution is -2.41. The van der Waals surface area contributed by atoms with E-state index in [-0.39, 0.29) is 5.56 Å². The first-order chi connectivity index (χ1) is 14.7. The van der Waals surface area contributed by atoms with Crippen molar-refractivity contribution in [3.05, 3.63) is 66.8 Å². The number of hydrogen-bond donors (Lipinski definition) is 2. The van der Waals surface area contributed by atoms with Gasteiger partial charge in [0.25, 0.3) is 5.56 Å². The molecule has 1 fully saturated rings. The standard InChI is InChI=1S/C25H36N4OS/c1-8-21(20-9-11-29(12-10-20)28(6)7)24-18(4)23(15-31-24)19(5)26-14-22-16(2)13-17(3)27-25(22)30/h13,15,26H,5,8-12,14H2,1-4,6-7H3,(H,27,30). The molecule has 2 aromatic heterocycles. The second-order valence-electron chi connectivity index (χ2n) is 8.62. The lowest BCUT2D eigenvalue weighted by Gasteiger charge is -2.34. The number of H-pyrrole nitrogens is 1. The zero-order valence-corrected chi connectivity index (χ0v) is 20.6. The van der Waals surface area contributed by atoms with Crippen molar-refractivity contribution in [1.29, 1.82) is 0 Å². The number of nitrogens with zero attached hydrogens (tertiary/aromatic N) is 2. The van der Waals surface area contributed by atoms with Crippen LogP contribution in [0.4, 0.5) is 0 Å². The van der Waals surface area contributed by atoms with Crippen molar-refractivity contribution in [3.63, 3.8) is 0 Å². The van der Waals surface area contributed by atoms with E-state index in [0.29, 0.717) is 6.54 Å². The molecule has 0 aromatic carbocycles. The van der Waals surface area contributed by atoms with Gasteiger partial charge in [-0.3, -0.25) is 4.79 Å². The van der Waals surface area contributed by atoms with Gasteiger partial charge >= 0.3 is 0 Å². The second kappa shape index (κ2) is 9.98. The summed E-state index contributed by atoms with van der Waals surface area (Å²) in [5.74, 6) is 0. The molecule has 0 spiro atoms. The highest BCUT2D eigenvalue weighted by Crippen LogP contribution is 2.37. The van der Waals surface area contributed by atoms with E-state index in [2.05, 4.69) is 60.2 Å². The van der Waals surface area contributed by atoms with Crippen LogP contribution in [-0.2, 0) is 6.54 Å². The molecule has 31 heavy (non-hydrogen) atoms. The molecule has 2 aromatic rings. The maximum absolute atomic E-state index is 12.3. The molecule has 1 aliphatic heterocycles. The lowest BCUT2D eigenvalue weighted by atomic mass is 9.93. The van der Waals surface area contributed by atoms with Gasteiger partial charge in [-0.15, -0.1) is 11.3 Å². The molecule has 3 rings (SSSR count). The molecule has 0 saturated carbocycles. The highest BCUT2D eigenvalue weighted by molar-refractivity contribution is 7.11. The van der Waals surface area contributed by atoms with Crippen LogP contribution in [0.2, 0.25) is 0 Å². The first-order valence-electron chi connectivity index (χ1n) is 11.1. The maximum Gasteiger partial charge on any atom is 0.253 e. The predicted octanol–water partition coefficient (Wildman–Crippen LogP) is 4.86. The topological polar surface area (TPSA) is 51.4 Å². The fourth-order valence-corrected chi connectivity index (χ4v) is 5.71. The average Bonchev–Trinajstić information content (AvgIpc) is 3.09. The smallest absolute Gasteiger partial charge is 0.253 e. The molecule has 6 heteroatoms. The van der Waals surface area contributed by atoms with E-state index >= 15 is 0 Å². The van der Waals surface area contributed by atoms with Gasteiger partial charge in [-0.05, 0) is 62.8 Å². The van der Waals surface area contributed by atoms with E-state index in [1.165, 1.54) is 16.0 Å². The largest absolute Gasteiger partial charge is 0.381 e. The van der Waals surface area contributed by atoms with Gasteiger partial charge in [-0.2, -0.15) is 0 Å². The number of pyridine rings is 1. The second-order valence-corrected chi connectivity index (χ2v) is 9.49. The Morgan fingerprint density at radius 3 is 2.52 bits per heavy atom. The zero-order chi connectivity index (χ0) is 22.7. The Bertz CT molecular complexity index is 1030. The summed E-state index contributed by atoms with van der Waals surface area (Å²) in [5.41, 5.74) is 9.05. The monoisotopic (exact) mass is 440 g/mol. The predicted molar refractivity (Wildman–Crippen MR) is 133 cm³/mol. The Balaban J connectivity index is 1.77. The molecule has 1 saturated heterocycles. The summed E-state index contributed by atoms with van der Waals surface area (Å²) in [5, 5.41) is 10.2. The highest BCUT2D eigenvalue weighted by Gasteiger charge is 2.21. The Kier molecular flexibility index (Phi) is 7.57. The van der Waals surface area contributed by atoms with Crippen LogP contribution in [0.1, 0.15) is 59.0 Å². The summed E-state index contributed by atoms with van der Waals surface area (Å²) in [7, 11) is 4.24. The fraction of sp³-hybridized carbons (Fsp3) is 0.480. The number of thiophene rings is 1. The van der Waals surface area contributed by atoms with E-state index in [9.17, 15) is 4.79 Å². The lowest BCUT2D eigenvalue weighted by molar-refractivity contribution is 0.0178. The van der Waals surface area contributed by atoms with E-state index in [1.54, 1.807) is 5.57 Å². The minimum absolute atomic E-state index is 0.0254. The molecular weight excluding hydrogens is 404 g/mol. The zero-order valence-electron chi connectivity index (χ0n) is 19.8. The van der Waals surface area contributed by atoms with Crippen LogP contribution in [-0.4, -0.2) is 42.2 Å². The molecule has 1 aliphatic rings. The normalized spacial score (nSPS) is 14.9. The molecule has 0 bridgehead atoms. The molecule has 0 amide bonds. The minimum atomic E-state index is -0.0254. The summed E-state index contributed by atoms with van der Waals surface area (Å²) in [6.07, 6.45) is 3.31. The van der Waals surface area contributed by atoms with E-state index in [4.69, 9.17) is 0 Å². The van der Waals surface area contributed by atoms with Crippen molar-refractivity contribution in [2.45, 2.75) is 53.5 Å². The Morgan fingerprint density at radius 2 is 1.94 bits per heavy atom. The quantitative estimate of drug-likeness (QED) is 0.646. The van der Waals surface area contributed by atoms with Crippen molar-refractivity contribution < 1.29 is 0 Å². The van der Waals surface area contributed by atoms with Gasteiger partial charge < -0.3 is 10.3 Å². The third-order valence-electron chi connectivity index (χ3n) is 6.30. The van der Waals surface area contributed by atoms with Crippen LogP contribution >= 0.6 is 11.3 Å². The van der Waals surface area contributed by atoms with Crippen LogP contribution < -0.4 is 10.9 Å². The van der Waals surface area contributed by atoms with Gasteiger partial charge in [-0.25, -0.2) is 10.0 Å². The van der Waals surface area contributed by atoms with Crippen molar-refractivity contribution in [2.24, 2.45) is 0 Å². The number of piperidine rings is 1. The fourth-order valence-electron chi connectivity index (χ4n) is 4.44. The number of rotatable bonds is 7. The molecule has 5 nitrogen and oxygen atoms in total. The van der Waals surface area contributed by atoms with Crippen LogP contribution in [0.25, 0.3) is 11.3 Å². The highest BCUT2D eigenvalue weighted by atomic mass is 32.1. The summed E-state index contributed by atoms with van der Waals surface area (Å²) in [4.78, 5) is 16.6. The Labute approximate surface area is 190 Å². The van der Waals surface area contributed by atoms with E-state index in [0.717, 1.165) is 60.4 Å². The molecule has 2 N–H and O–H groups in total. The molecular formula is C25H36N4OS. The number of hydrogen-bond acceptors (Lipinski definition) is 5. The number of aromatic amines is 1. The maximum atomic E-state index is 12.3. The molecule has 3 heterocycles.